The topological polar surface area (TPSA) is 64.6 Å². The Labute approximate surface area is 191 Å². The molecule has 2 saturated heterocycles. The predicted molar refractivity (Wildman–Crippen MR) is 129 cm³/mol. The van der Waals surface area contributed by atoms with Gasteiger partial charge in [-0.3, -0.25) is 9.69 Å². The highest BCUT2D eigenvalue weighted by Gasteiger charge is 2.27. The zero-order valence-electron chi connectivity index (χ0n) is 19.5. The van der Waals surface area contributed by atoms with Crippen LogP contribution in [0.2, 0.25) is 0 Å². The molecule has 7 heteroatoms. The molecular weight excluding hydrogens is 400 g/mol. The molecule has 32 heavy (non-hydrogen) atoms. The summed E-state index contributed by atoms with van der Waals surface area (Å²) in [5.41, 5.74) is 3.37. The number of hydrogen-bond acceptors (Lipinski definition) is 6. The minimum Gasteiger partial charge on any atom is -0.355 e. The summed E-state index contributed by atoms with van der Waals surface area (Å²) in [7, 11) is 0. The Kier molecular flexibility index (Phi) is 7.71. The number of hydrogen-bond donors (Lipinski definition) is 1. The molecule has 0 aliphatic carbocycles. The van der Waals surface area contributed by atoms with E-state index in [0.717, 1.165) is 76.3 Å². The fourth-order valence-corrected chi connectivity index (χ4v) is 4.56. The average molecular weight is 437 g/mol. The Morgan fingerprint density at radius 1 is 1.00 bits per heavy atom. The number of benzene rings is 1. The maximum absolute atomic E-state index is 12.8. The van der Waals surface area contributed by atoms with Crippen LogP contribution in [0.5, 0.6) is 0 Å². The molecule has 1 aromatic heterocycles. The summed E-state index contributed by atoms with van der Waals surface area (Å²) in [4.78, 5) is 29.1. The van der Waals surface area contributed by atoms with Gasteiger partial charge in [0.25, 0.3) is 0 Å². The predicted octanol–water partition coefficient (Wildman–Crippen LogP) is 2.42. The number of aromatic nitrogens is 2. The third-order valence-corrected chi connectivity index (χ3v) is 6.74. The smallest absolute Gasteiger partial charge is 0.225 e. The van der Waals surface area contributed by atoms with Crippen LogP contribution in [0.4, 0.5) is 5.95 Å². The molecule has 2 aliphatic rings. The van der Waals surface area contributed by atoms with Gasteiger partial charge in [-0.15, -0.1) is 0 Å². The average Bonchev–Trinajstić information content (AvgIpc) is 2.85. The van der Waals surface area contributed by atoms with Crippen molar-refractivity contribution in [3.63, 3.8) is 0 Å². The van der Waals surface area contributed by atoms with E-state index in [-0.39, 0.29) is 11.8 Å². The monoisotopic (exact) mass is 436 g/mol. The number of amides is 1. The molecule has 172 valence electrons. The van der Waals surface area contributed by atoms with Crippen LogP contribution in [0.3, 0.4) is 0 Å². The standard InChI is InChI=1S/C25H36N6O/c1-3-29-13-15-30(16-14-29)12-10-26-24(32)22-5-4-11-31(19-22)25-27-17-23(18-28-25)21-8-6-20(2)7-9-21/h6-9,17-18,22H,3-5,10-16,19H2,1-2H3,(H,26,32)/t22-/m0/s1. The van der Waals surface area contributed by atoms with Crippen LogP contribution in [-0.4, -0.2) is 84.6 Å². The Bertz CT molecular complexity index is 861. The second-order valence-electron chi connectivity index (χ2n) is 8.99. The van der Waals surface area contributed by atoms with Gasteiger partial charge in [0.1, 0.15) is 0 Å². The van der Waals surface area contributed by atoms with E-state index in [0.29, 0.717) is 12.5 Å². The van der Waals surface area contributed by atoms with Crippen molar-refractivity contribution < 1.29 is 4.79 Å². The van der Waals surface area contributed by atoms with E-state index in [2.05, 4.69) is 68.1 Å². The minimum absolute atomic E-state index is 0.000985. The number of piperidine rings is 1. The quantitative estimate of drug-likeness (QED) is 0.719. The van der Waals surface area contributed by atoms with Gasteiger partial charge in [0, 0.05) is 70.3 Å². The molecule has 3 heterocycles. The van der Waals surface area contributed by atoms with E-state index in [1.807, 2.05) is 12.4 Å². The first kappa shape index (κ1) is 22.7. The zero-order chi connectivity index (χ0) is 22.3. The maximum atomic E-state index is 12.8. The molecule has 1 aromatic carbocycles. The zero-order valence-corrected chi connectivity index (χ0v) is 19.5. The van der Waals surface area contributed by atoms with Gasteiger partial charge in [-0.05, 0) is 31.9 Å². The molecule has 4 rings (SSSR count). The molecule has 1 N–H and O–H groups in total. The summed E-state index contributed by atoms with van der Waals surface area (Å²) in [6.45, 7) is 13.1. The van der Waals surface area contributed by atoms with Crippen molar-refractivity contribution in [2.75, 3.05) is 63.8 Å². The summed E-state index contributed by atoms with van der Waals surface area (Å²) < 4.78 is 0. The lowest BCUT2D eigenvalue weighted by Crippen LogP contribution is -2.49. The SMILES string of the molecule is CCN1CCN(CCNC(=O)[C@H]2CCCN(c3ncc(-c4ccc(C)cc4)cn3)C2)CC1. The van der Waals surface area contributed by atoms with Crippen molar-refractivity contribution in [1.82, 2.24) is 25.1 Å². The fourth-order valence-electron chi connectivity index (χ4n) is 4.56. The number of anilines is 1. The van der Waals surface area contributed by atoms with Crippen LogP contribution in [0.25, 0.3) is 11.1 Å². The molecule has 0 spiro atoms. The molecule has 0 unspecified atom stereocenters. The lowest BCUT2D eigenvalue weighted by Gasteiger charge is -2.34. The van der Waals surface area contributed by atoms with Gasteiger partial charge in [-0.1, -0.05) is 36.8 Å². The number of piperazine rings is 1. The summed E-state index contributed by atoms with van der Waals surface area (Å²) in [6.07, 6.45) is 5.68. The Morgan fingerprint density at radius 3 is 2.38 bits per heavy atom. The summed E-state index contributed by atoms with van der Waals surface area (Å²) in [5, 5.41) is 3.17. The lowest BCUT2D eigenvalue weighted by atomic mass is 9.97. The van der Waals surface area contributed by atoms with Crippen LogP contribution in [-0.2, 0) is 4.79 Å². The molecule has 0 radical (unpaired) electrons. The number of rotatable bonds is 7. The van der Waals surface area contributed by atoms with Gasteiger partial charge in [-0.2, -0.15) is 0 Å². The van der Waals surface area contributed by atoms with Gasteiger partial charge >= 0.3 is 0 Å². The van der Waals surface area contributed by atoms with E-state index in [9.17, 15) is 4.79 Å². The van der Waals surface area contributed by atoms with Crippen LogP contribution in [0.15, 0.2) is 36.7 Å². The second kappa shape index (κ2) is 10.9. The third kappa shape index (κ3) is 5.84. The molecule has 1 atom stereocenters. The molecule has 2 aliphatic heterocycles. The highest BCUT2D eigenvalue weighted by molar-refractivity contribution is 5.79. The Hall–Kier alpha value is -2.51. The second-order valence-corrected chi connectivity index (χ2v) is 8.99. The highest BCUT2D eigenvalue weighted by atomic mass is 16.1. The van der Waals surface area contributed by atoms with Gasteiger partial charge in [0.05, 0.1) is 5.92 Å². The van der Waals surface area contributed by atoms with E-state index in [1.54, 1.807) is 0 Å². The summed E-state index contributed by atoms with van der Waals surface area (Å²) in [6, 6.07) is 8.39. The number of nitrogens with one attached hydrogen (secondary N) is 1. The number of likely N-dealkylation sites (N-methyl/N-ethyl adjacent to an activating group) is 1. The molecular formula is C25H36N6O. The van der Waals surface area contributed by atoms with Gasteiger partial charge in [-0.25, -0.2) is 9.97 Å². The van der Waals surface area contributed by atoms with Crippen molar-refractivity contribution in [2.24, 2.45) is 5.92 Å². The van der Waals surface area contributed by atoms with Crippen LogP contribution >= 0.6 is 0 Å². The maximum Gasteiger partial charge on any atom is 0.225 e. The lowest BCUT2D eigenvalue weighted by molar-refractivity contribution is -0.125. The van der Waals surface area contributed by atoms with Crippen molar-refractivity contribution in [3.8, 4) is 11.1 Å². The van der Waals surface area contributed by atoms with E-state index >= 15 is 0 Å². The van der Waals surface area contributed by atoms with Crippen molar-refractivity contribution in [3.05, 3.63) is 42.2 Å². The molecule has 0 bridgehead atoms. The minimum atomic E-state index is 0.000985. The van der Waals surface area contributed by atoms with Crippen molar-refractivity contribution in [1.29, 1.82) is 0 Å². The van der Waals surface area contributed by atoms with Crippen molar-refractivity contribution in [2.45, 2.75) is 26.7 Å². The first-order valence-electron chi connectivity index (χ1n) is 12.0. The fraction of sp³-hybridized carbons (Fsp3) is 0.560. The third-order valence-electron chi connectivity index (χ3n) is 6.74. The van der Waals surface area contributed by atoms with Crippen LogP contribution in [0, 0.1) is 12.8 Å². The highest BCUT2D eigenvalue weighted by Crippen LogP contribution is 2.23. The summed E-state index contributed by atoms with van der Waals surface area (Å²) in [5.74, 6) is 0.881. The van der Waals surface area contributed by atoms with Gasteiger partial charge in [0.15, 0.2) is 0 Å². The number of carbonyl (C=O) groups excluding carboxylic acids is 1. The van der Waals surface area contributed by atoms with Crippen LogP contribution in [0.1, 0.15) is 25.3 Å². The van der Waals surface area contributed by atoms with E-state index in [1.165, 1.54) is 5.56 Å². The van der Waals surface area contributed by atoms with Gasteiger partial charge in [0.2, 0.25) is 11.9 Å². The normalized spacial score (nSPS) is 20.3. The van der Waals surface area contributed by atoms with E-state index < -0.39 is 0 Å². The molecule has 0 saturated carbocycles. The number of carbonyl (C=O) groups is 1. The number of nitrogens with zero attached hydrogens (tertiary/aromatic N) is 5. The van der Waals surface area contributed by atoms with Crippen molar-refractivity contribution >= 4 is 11.9 Å². The first-order chi connectivity index (χ1) is 15.6. The Balaban J connectivity index is 1.25. The Morgan fingerprint density at radius 2 is 1.69 bits per heavy atom. The van der Waals surface area contributed by atoms with Gasteiger partial charge < -0.3 is 15.1 Å². The molecule has 1 amide bonds. The summed E-state index contributed by atoms with van der Waals surface area (Å²) >= 11 is 0. The molecule has 2 aromatic rings. The van der Waals surface area contributed by atoms with Crippen LogP contribution < -0.4 is 10.2 Å². The molecule has 7 nitrogen and oxygen atoms in total. The first-order valence-corrected chi connectivity index (χ1v) is 12.0. The largest absolute Gasteiger partial charge is 0.355 e. The number of aryl methyl sites for hydroxylation is 1. The molecule has 2 fully saturated rings. The van der Waals surface area contributed by atoms with E-state index in [4.69, 9.17) is 0 Å².